The predicted octanol–water partition coefficient (Wildman–Crippen LogP) is 4.21. The Balaban J connectivity index is 1.17. The molecule has 9 heteroatoms. The molecule has 2 saturated heterocycles. The van der Waals surface area contributed by atoms with E-state index in [-0.39, 0.29) is 23.8 Å². The van der Waals surface area contributed by atoms with Crippen LogP contribution in [0.3, 0.4) is 0 Å². The standard InChI is InChI=1S/C24H33F4N3O2/c25-20-8-5-18(24(26,27)28)16-22(20)31-14-12-30(13-15-31)11-9-17-3-6-19(7-4-17)33-23(32)21-2-1-10-29-21/h5,8,16-17,19,21,29H,1-4,6-7,9-15H2. The number of rotatable bonds is 6. The first-order valence-electron chi connectivity index (χ1n) is 12.1. The van der Waals surface area contributed by atoms with E-state index in [2.05, 4.69) is 10.2 Å². The predicted molar refractivity (Wildman–Crippen MR) is 118 cm³/mol. The molecule has 2 aliphatic heterocycles. The van der Waals surface area contributed by atoms with Crippen LogP contribution < -0.4 is 10.2 Å². The fraction of sp³-hybridized carbons (Fsp3) is 0.708. The minimum atomic E-state index is -4.48. The van der Waals surface area contributed by atoms with Gasteiger partial charge in [-0.1, -0.05) is 0 Å². The number of anilines is 1. The van der Waals surface area contributed by atoms with Gasteiger partial charge in [-0.25, -0.2) is 4.39 Å². The third-order valence-electron chi connectivity index (χ3n) is 7.26. The molecule has 0 bridgehead atoms. The number of piperazine rings is 1. The van der Waals surface area contributed by atoms with E-state index in [0.717, 1.165) is 76.2 Å². The lowest BCUT2D eigenvalue weighted by molar-refractivity contribution is -0.153. The lowest BCUT2D eigenvalue weighted by Gasteiger charge is -2.37. The van der Waals surface area contributed by atoms with Crippen molar-refractivity contribution in [1.82, 2.24) is 10.2 Å². The minimum absolute atomic E-state index is 0.0297. The summed E-state index contributed by atoms with van der Waals surface area (Å²) >= 11 is 0. The van der Waals surface area contributed by atoms with E-state index in [1.807, 2.05) is 0 Å². The summed E-state index contributed by atoms with van der Waals surface area (Å²) in [6.07, 6.45) is 2.41. The number of esters is 1. The summed E-state index contributed by atoms with van der Waals surface area (Å²) in [7, 11) is 0. The molecular formula is C24H33F4N3O2. The molecule has 1 aromatic rings. The third-order valence-corrected chi connectivity index (χ3v) is 7.26. The fourth-order valence-electron chi connectivity index (χ4n) is 5.18. The largest absolute Gasteiger partial charge is 0.461 e. The summed E-state index contributed by atoms with van der Waals surface area (Å²) in [4.78, 5) is 16.2. The molecule has 0 aromatic heterocycles. The van der Waals surface area contributed by atoms with Crippen molar-refractivity contribution in [2.45, 2.75) is 63.3 Å². The fourth-order valence-corrected chi connectivity index (χ4v) is 5.18. The first-order valence-corrected chi connectivity index (χ1v) is 12.1. The van der Waals surface area contributed by atoms with Crippen LogP contribution in [0.25, 0.3) is 0 Å². The molecular weight excluding hydrogens is 438 g/mol. The van der Waals surface area contributed by atoms with Gasteiger partial charge in [-0.2, -0.15) is 13.2 Å². The molecule has 0 amide bonds. The van der Waals surface area contributed by atoms with Crippen LogP contribution in [0.2, 0.25) is 0 Å². The summed E-state index contributed by atoms with van der Waals surface area (Å²) in [6.45, 7) is 4.25. The van der Waals surface area contributed by atoms with Crippen LogP contribution in [0, 0.1) is 11.7 Å². The molecule has 0 radical (unpaired) electrons. The van der Waals surface area contributed by atoms with Gasteiger partial charge in [-0.3, -0.25) is 9.69 Å². The van der Waals surface area contributed by atoms with Crippen molar-refractivity contribution in [1.29, 1.82) is 0 Å². The van der Waals surface area contributed by atoms with Gasteiger partial charge in [-0.15, -0.1) is 0 Å². The SMILES string of the molecule is O=C(OC1CCC(CCN2CCN(c3cc(C(F)(F)F)ccc3F)CC2)CC1)C1CCCN1. The number of hydrogen-bond acceptors (Lipinski definition) is 5. The first kappa shape index (κ1) is 24.3. The van der Waals surface area contributed by atoms with Gasteiger partial charge in [0, 0.05) is 26.2 Å². The molecule has 2 heterocycles. The van der Waals surface area contributed by atoms with E-state index < -0.39 is 17.6 Å². The molecule has 1 aromatic carbocycles. The normalized spacial score (nSPS) is 27.0. The Morgan fingerprint density at radius 1 is 1.06 bits per heavy atom. The molecule has 3 fully saturated rings. The molecule has 0 spiro atoms. The van der Waals surface area contributed by atoms with Crippen LogP contribution in [0.5, 0.6) is 0 Å². The molecule has 1 saturated carbocycles. The highest BCUT2D eigenvalue weighted by atomic mass is 19.4. The third kappa shape index (κ3) is 6.38. The van der Waals surface area contributed by atoms with E-state index in [1.54, 1.807) is 4.90 Å². The summed E-state index contributed by atoms with van der Waals surface area (Å²) in [5, 5.41) is 3.18. The summed E-state index contributed by atoms with van der Waals surface area (Å²) in [6, 6.07) is 2.48. The van der Waals surface area contributed by atoms with E-state index in [4.69, 9.17) is 4.74 Å². The average molecular weight is 472 g/mol. The second-order valence-electron chi connectivity index (χ2n) is 9.51. The molecule has 1 unspecified atom stereocenters. The van der Waals surface area contributed by atoms with Gasteiger partial charge < -0.3 is 15.0 Å². The number of halogens is 4. The molecule has 1 atom stereocenters. The number of nitrogens with one attached hydrogen (secondary N) is 1. The number of hydrogen-bond donors (Lipinski definition) is 1. The molecule has 33 heavy (non-hydrogen) atoms. The Labute approximate surface area is 192 Å². The van der Waals surface area contributed by atoms with Crippen LogP contribution in [-0.4, -0.2) is 62.3 Å². The van der Waals surface area contributed by atoms with Crippen molar-refractivity contribution in [2.75, 3.05) is 44.2 Å². The maximum Gasteiger partial charge on any atom is 0.416 e. The van der Waals surface area contributed by atoms with Gasteiger partial charge in [0.25, 0.3) is 0 Å². The highest BCUT2D eigenvalue weighted by Gasteiger charge is 2.32. The molecule has 3 aliphatic rings. The van der Waals surface area contributed by atoms with E-state index in [9.17, 15) is 22.4 Å². The topological polar surface area (TPSA) is 44.8 Å². The minimum Gasteiger partial charge on any atom is -0.461 e. The Kier molecular flexibility index (Phi) is 7.79. The maximum atomic E-state index is 14.2. The number of ether oxygens (including phenoxy) is 1. The van der Waals surface area contributed by atoms with Crippen molar-refractivity contribution in [3.63, 3.8) is 0 Å². The Morgan fingerprint density at radius 2 is 1.79 bits per heavy atom. The Hall–Kier alpha value is -1.87. The number of carbonyl (C=O) groups is 1. The summed E-state index contributed by atoms with van der Waals surface area (Å²) < 4.78 is 58.8. The van der Waals surface area contributed by atoms with Crippen molar-refractivity contribution in [3.8, 4) is 0 Å². The molecule has 4 rings (SSSR count). The van der Waals surface area contributed by atoms with Crippen LogP contribution in [0.1, 0.15) is 50.5 Å². The second-order valence-corrected chi connectivity index (χ2v) is 9.51. The lowest BCUT2D eigenvalue weighted by Crippen LogP contribution is -2.47. The number of benzene rings is 1. The van der Waals surface area contributed by atoms with E-state index in [1.165, 1.54) is 0 Å². The molecule has 184 valence electrons. The quantitative estimate of drug-likeness (QED) is 0.498. The maximum absolute atomic E-state index is 14.2. The Bertz CT molecular complexity index is 797. The molecule has 5 nitrogen and oxygen atoms in total. The van der Waals surface area contributed by atoms with Crippen molar-refractivity contribution >= 4 is 11.7 Å². The van der Waals surface area contributed by atoms with Crippen LogP contribution >= 0.6 is 0 Å². The van der Waals surface area contributed by atoms with Gasteiger partial charge in [0.1, 0.15) is 18.0 Å². The molecule has 1 N–H and O–H groups in total. The smallest absolute Gasteiger partial charge is 0.416 e. The zero-order valence-corrected chi connectivity index (χ0v) is 18.9. The molecule has 1 aliphatic carbocycles. The van der Waals surface area contributed by atoms with Crippen molar-refractivity contribution in [2.24, 2.45) is 5.92 Å². The van der Waals surface area contributed by atoms with Crippen molar-refractivity contribution in [3.05, 3.63) is 29.6 Å². The van der Waals surface area contributed by atoms with Crippen LogP contribution in [0.15, 0.2) is 18.2 Å². The zero-order chi connectivity index (χ0) is 23.4. The second kappa shape index (κ2) is 10.6. The van der Waals surface area contributed by atoms with E-state index in [0.29, 0.717) is 32.1 Å². The van der Waals surface area contributed by atoms with Gasteiger partial charge in [-0.05, 0) is 82.2 Å². The summed E-state index contributed by atoms with van der Waals surface area (Å²) in [5.41, 5.74) is -0.785. The van der Waals surface area contributed by atoms with Gasteiger partial charge in [0.05, 0.1) is 11.3 Å². The number of carbonyl (C=O) groups excluding carboxylic acids is 1. The van der Waals surface area contributed by atoms with Crippen molar-refractivity contribution < 1.29 is 27.1 Å². The van der Waals surface area contributed by atoms with Crippen LogP contribution in [0.4, 0.5) is 23.2 Å². The van der Waals surface area contributed by atoms with Gasteiger partial charge in [0.15, 0.2) is 0 Å². The average Bonchev–Trinajstić information content (AvgIpc) is 3.34. The van der Waals surface area contributed by atoms with Gasteiger partial charge >= 0.3 is 12.1 Å². The lowest BCUT2D eigenvalue weighted by atomic mass is 9.85. The van der Waals surface area contributed by atoms with E-state index >= 15 is 0 Å². The monoisotopic (exact) mass is 471 g/mol. The van der Waals surface area contributed by atoms with Crippen LogP contribution in [-0.2, 0) is 15.7 Å². The first-order chi connectivity index (χ1) is 15.8. The Morgan fingerprint density at radius 3 is 2.42 bits per heavy atom. The summed E-state index contributed by atoms with van der Waals surface area (Å²) in [5.74, 6) is -0.118. The number of nitrogens with zero attached hydrogens (tertiary/aromatic N) is 2. The highest BCUT2D eigenvalue weighted by Crippen LogP contribution is 2.34. The zero-order valence-electron chi connectivity index (χ0n) is 18.9. The highest BCUT2D eigenvalue weighted by molar-refractivity contribution is 5.76. The van der Waals surface area contributed by atoms with Gasteiger partial charge in [0.2, 0.25) is 0 Å². The number of alkyl halides is 3.